The molecule has 1 heterocycles. The third kappa shape index (κ3) is 2.76. The fourth-order valence-electron chi connectivity index (χ4n) is 2.29. The number of aromatic nitrogens is 2. The van der Waals surface area contributed by atoms with Crippen LogP contribution in [0, 0.1) is 6.92 Å². The van der Waals surface area contributed by atoms with E-state index in [1.54, 1.807) is 19.1 Å². The minimum Gasteiger partial charge on any atom is -0.478 e. The number of carboxylic acid groups (broad SMARTS) is 1. The molecule has 0 saturated carbocycles. The summed E-state index contributed by atoms with van der Waals surface area (Å²) in [6, 6.07) is 5.12. The number of carboxylic acids is 1. The van der Waals surface area contributed by atoms with Gasteiger partial charge in [-0.3, -0.25) is 0 Å². The highest BCUT2D eigenvalue weighted by molar-refractivity contribution is 6.01. The molecule has 1 unspecified atom stereocenters. The molecule has 0 aliphatic heterocycles. The van der Waals surface area contributed by atoms with Crippen molar-refractivity contribution < 1.29 is 15.0 Å². The van der Waals surface area contributed by atoms with Crippen LogP contribution in [0.1, 0.15) is 35.9 Å². The first-order valence-corrected chi connectivity index (χ1v) is 6.38. The van der Waals surface area contributed by atoms with Gasteiger partial charge in [-0.25, -0.2) is 9.78 Å². The molecule has 0 radical (unpaired) electrons. The lowest BCUT2D eigenvalue weighted by Crippen LogP contribution is -2.07. The van der Waals surface area contributed by atoms with Crippen LogP contribution in [-0.2, 0) is 6.54 Å². The third-order valence-electron chi connectivity index (χ3n) is 3.19. The Morgan fingerprint density at radius 1 is 1.47 bits per heavy atom. The number of nitrogens with zero attached hydrogens (tertiary/aromatic N) is 2. The Bertz CT molecular complexity index is 602. The van der Waals surface area contributed by atoms with Crippen LogP contribution in [0.25, 0.3) is 11.0 Å². The van der Waals surface area contributed by atoms with Crippen molar-refractivity contribution in [2.24, 2.45) is 0 Å². The summed E-state index contributed by atoms with van der Waals surface area (Å²) in [6.45, 7) is 4.28. The van der Waals surface area contributed by atoms with Crippen molar-refractivity contribution in [2.75, 3.05) is 0 Å². The monoisotopic (exact) mass is 262 g/mol. The van der Waals surface area contributed by atoms with Gasteiger partial charge in [0.1, 0.15) is 5.82 Å². The van der Waals surface area contributed by atoms with Crippen molar-refractivity contribution in [3.8, 4) is 0 Å². The maximum absolute atomic E-state index is 11.3. The Hall–Kier alpha value is -1.88. The van der Waals surface area contributed by atoms with Gasteiger partial charge in [-0.05, 0) is 38.8 Å². The van der Waals surface area contributed by atoms with E-state index >= 15 is 0 Å². The zero-order valence-electron chi connectivity index (χ0n) is 11.1. The highest BCUT2D eigenvalue weighted by Crippen LogP contribution is 2.21. The molecular weight excluding hydrogens is 244 g/mol. The normalized spacial score (nSPS) is 12.8. The van der Waals surface area contributed by atoms with Gasteiger partial charge in [0.25, 0.3) is 0 Å². The van der Waals surface area contributed by atoms with Gasteiger partial charge < -0.3 is 14.8 Å². The molecule has 1 aromatic heterocycles. The zero-order valence-corrected chi connectivity index (χ0v) is 11.1. The van der Waals surface area contributed by atoms with E-state index in [2.05, 4.69) is 4.98 Å². The van der Waals surface area contributed by atoms with Gasteiger partial charge in [0.05, 0.1) is 22.7 Å². The first-order chi connectivity index (χ1) is 9.00. The number of rotatable bonds is 5. The summed E-state index contributed by atoms with van der Waals surface area (Å²) < 4.78 is 1.92. The molecule has 5 heteroatoms. The van der Waals surface area contributed by atoms with Crippen LogP contribution < -0.4 is 0 Å². The number of aryl methyl sites for hydroxylation is 2. The van der Waals surface area contributed by atoms with E-state index in [0.29, 0.717) is 24.0 Å². The van der Waals surface area contributed by atoms with E-state index in [0.717, 1.165) is 12.2 Å². The van der Waals surface area contributed by atoms with Crippen LogP contribution >= 0.6 is 0 Å². The van der Waals surface area contributed by atoms with Gasteiger partial charge in [-0.2, -0.15) is 0 Å². The average Bonchev–Trinajstić information content (AvgIpc) is 2.65. The Kier molecular flexibility index (Phi) is 3.85. The molecule has 0 amide bonds. The van der Waals surface area contributed by atoms with Gasteiger partial charge >= 0.3 is 5.97 Å². The quantitative estimate of drug-likeness (QED) is 0.866. The number of para-hydroxylation sites is 1. The van der Waals surface area contributed by atoms with E-state index in [1.165, 1.54) is 0 Å². The molecule has 0 aliphatic rings. The van der Waals surface area contributed by atoms with Crippen molar-refractivity contribution in [3.63, 3.8) is 0 Å². The van der Waals surface area contributed by atoms with Crippen molar-refractivity contribution in [1.29, 1.82) is 0 Å². The van der Waals surface area contributed by atoms with Crippen LogP contribution in [0.5, 0.6) is 0 Å². The fraction of sp³-hybridized carbons (Fsp3) is 0.429. The molecule has 2 N–H and O–H groups in total. The van der Waals surface area contributed by atoms with Gasteiger partial charge in [-0.1, -0.05) is 6.07 Å². The molecule has 2 rings (SSSR count). The smallest absolute Gasteiger partial charge is 0.337 e. The van der Waals surface area contributed by atoms with Crippen LogP contribution in [0.4, 0.5) is 0 Å². The third-order valence-corrected chi connectivity index (χ3v) is 3.19. The average molecular weight is 262 g/mol. The lowest BCUT2D eigenvalue weighted by atomic mass is 10.1. The van der Waals surface area contributed by atoms with Crippen molar-refractivity contribution in [2.45, 2.75) is 39.3 Å². The molecule has 0 saturated heterocycles. The first kappa shape index (κ1) is 13.5. The van der Waals surface area contributed by atoms with Gasteiger partial charge in [0.15, 0.2) is 0 Å². The maximum Gasteiger partial charge on any atom is 0.337 e. The molecular formula is C14H18N2O3. The van der Waals surface area contributed by atoms with E-state index in [1.807, 2.05) is 17.6 Å². The van der Waals surface area contributed by atoms with E-state index in [4.69, 9.17) is 0 Å². The zero-order chi connectivity index (χ0) is 14.0. The summed E-state index contributed by atoms with van der Waals surface area (Å²) in [7, 11) is 0. The highest BCUT2D eigenvalue weighted by atomic mass is 16.4. The lowest BCUT2D eigenvalue weighted by Gasteiger charge is -2.09. The predicted molar refractivity (Wildman–Crippen MR) is 72.3 cm³/mol. The van der Waals surface area contributed by atoms with Gasteiger partial charge in [0, 0.05) is 6.54 Å². The molecule has 1 aromatic carbocycles. The number of benzene rings is 1. The summed E-state index contributed by atoms with van der Waals surface area (Å²) >= 11 is 0. The molecule has 0 spiro atoms. The van der Waals surface area contributed by atoms with Gasteiger partial charge in [-0.15, -0.1) is 0 Å². The Morgan fingerprint density at radius 2 is 2.21 bits per heavy atom. The molecule has 0 aliphatic carbocycles. The summed E-state index contributed by atoms with van der Waals surface area (Å²) in [4.78, 5) is 15.7. The summed E-state index contributed by atoms with van der Waals surface area (Å²) in [6.07, 6.45) is 1.14. The second-order valence-electron chi connectivity index (χ2n) is 4.78. The standard InChI is InChI=1S/C14H18N2O3/c1-9(17)5-4-8-16-10(2)15-12-7-3-6-11(13(12)16)14(18)19/h3,6-7,9,17H,4-5,8H2,1-2H3,(H,18,19). The van der Waals surface area contributed by atoms with E-state index in [9.17, 15) is 15.0 Å². The minimum absolute atomic E-state index is 0.273. The Balaban J connectivity index is 2.41. The molecule has 102 valence electrons. The van der Waals surface area contributed by atoms with E-state index < -0.39 is 5.97 Å². The number of hydrogen-bond acceptors (Lipinski definition) is 3. The number of hydrogen-bond donors (Lipinski definition) is 2. The molecule has 2 aromatic rings. The number of fused-ring (bicyclic) bond motifs is 1. The highest BCUT2D eigenvalue weighted by Gasteiger charge is 2.15. The van der Waals surface area contributed by atoms with Crippen molar-refractivity contribution in [1.82, 2.24) is 9.55 Å². The Morgan fingerprint density at radius 3 is 2.84 bits per heavy atom. The van der Waals surface area contributed by atoms with Crippen molar-refractivity contribution in [3.05, 3.63) is 29.6 Å². The van der Waals surface area contributed by atoms with E-state index in [-0.39, 0.29) is 11.7 Å². The number of aliphatic hydroxyl groups is 1. The second kappa shape index (κ2) is 5.40. The molecule has 19 heavy (non-hydrogen) atoms. The predicted octanol–water partition coefficient (Wildman–Crippen LogP) is 2.20. The molecule has 5 nitrogen and oxygen atoms in total. The van der Waals surface area contributed by atoms with Crippen LogP contribution in [0.2, 0.25) is 0 Å². The summed E-state index contributed by atoms with van der Waals surface area (Å²) in [5.41, 5.74) is 1.64. The summed E-state index contributed by atoms with van der Waals surface area (Å²) in [5.74, 6) is -0.142. The number of carbonyl (C=O) groups is 1. The topological polar surface area (TPSA) is 75.3 Å². The second-order valence-corrected chi connectivity index (χ2v) is 4.78. The number of imidazole rings is 1. The first-order valence-electron chi connectivity index (χ1n) is 6.38. The fourth-order valence-corrected chi connectivity index (χ4v) is 2.29. The molecule has 1 atom stereocenters. The maximum atomic E-state index is 11.3. The lowest BCUT2D eigenvalue weighted by molar-refractivity contribution is 0.0698. The number of aliphatic hydroxyl groups excluding tert-OH is 1. The van der Waals surface area contributed by atoms with Crippen molar-refractivity contribution >= 4 is 17.0 Å². The van der Waals surface area contributed by atoms with Crippen LogP contribution in [0.15, 0.2) is 18.2 Å². The van der Waals surface area contributed by atoms with Gasteiger partial charge in [0.2, 0.25) is 0 Å². The SMILES string of the molecule is Cc1nc2cccc(C(=O)O)c2n1CCCC(C)O. The molecule has 0 fully saturated rings. The largest absolute Gasteiger partial charge is 0.478 e. The Labute approximate surface area is 111 Å². The molecule has 0 bridgehead atoms. The number of aromatic carboxylic acids is 1. The van der Waals surface area contributed by atoms with Crippen LogP contribution in [-0.4, -0.2) is 31.8 Å². The van der Waals surface area contributed by atoms with Crippen LogP contribution in [0.3, 0.4) is 0 Å². The minimum atomic E-state index is -0.942. The summed E-state index contributed by atoms with van der Waals surface area (Å²) in [5, 5.41) is 18.5.